The fourth-order valence-corrected chi connectivity index (χ4v) is 5.46. The summed E-state index contributed by atoms with van der Waals surface area (Å²) in [7, 11) is 0. The van der Waals surface area contributed by atoms with Crippen LogP contribution in [0.15, 0.2) is 12.1 Å². The second kappa shape index (κ2) is 14.6. The molecule has 0 heterocycles. The van der Waals surface area contributed by atoms with Crippen molar-refractivity contribution in [1.29, 1.82) is 0 Å². The van der Waals surface area contributed by atoms with E-state index in [9.17, 15) is 0 Å². The van der Waals surface area contributed by atoms with E-state index < -0.39 is 0 Å². The lowest BCUT2D eigenvalue weighted by atomic mass is 9.92. The molecule has 0 aliphatic rings. The fraction of sp³-hybridized carbons (Fsp3) is 0.769. The first kappa shape index (κ1) is 26.7. The van der Waals surface area contributed by atoms with Gasteiger partial charge in [-0.25, -0.2) is 0 Å². The predicted molar refractivity (Wildman–Crippen MR) is 144 cm³/mol. The molecular weight excluding hydrogens is 566 g/mol. The van der Waals surface area contributed by atoms with E-state index in [1.165, 1.54) is 71.3 Å². The maximum absolute atomic E-state index is 2.57. The highest BCUT2D eigenvalue weighted by Crippen LogP contribution is 2.26. The van der Waals surface area contributed by atoms with Crippen LogP contribution in [0.4, 0.5) is 0 Å². The molecule has 2 heteroatoms. The van der Waals surface area contributed by atoms with Gasteiger partial charge in [0.25, 0.3) is 0 Å². The number of rotatable bonds is 14. The van der Waals surface area contributed by atoms with Crippen molar-refractivity contribution >= 4 is 45.2 Å². The lowest BCUT2D eigenvalue weighted by Crippen LogP contribution is -2.03. The van der Waals surface area contributed by atoms with Crippen molar-refractivity contribution in [1.82, 2.24) is 0 Å². The van der Waals surface area contributed by atoms with Crippen LogP contribution in [0.1, 0.15) is 104 Å². The van der Waals surface area contributed by atoms with Crippen molar-refractivity contribution in [2.75, 3.05) is 0 Å². The Morgan fingerprint density at radius 1 is 0.571 bits per heavy atom. The van der Waals surface area contributed by atoms with Crippen LogP contribution in [0, 0.1) is 30.8 Å². The van der Waals surface area contributed by atoms with Gasteiger partial charge in [0, 0.05) is 7.14 Å². The van der Waals surface area contributed by atoms with E-state index in [1.54, 1.807) is 11.1 Å². The molecule has 162 valence electrons. The van der Waals surface area contributed by atoms with Gasteiger partial charge in [-0.15, -0.1) is 0 Å². The standard InChI is InChI=1S/C26H44I2/c1-19(2)9-7-11-21(5)13-15-23-17-26(28)24(18-25(23)27)16-14-22(6)12-8-10-20(3)4/h17-22H,7-16H2,1-6H3. The molecule has 28 heavy (non-hydrogen) atoms. The van der Waals surface area contributed by atoms with Gasteiger partial charge in [0.15, 0.2) is 0 Å². The van der Waals surface area contributed by atoms with E-state index in [1.807, 2.05) is 0 Å². The molecule has 0 saturated heterocycles. The van der Waals surface area contributed by atoms with Crippen LogP contribution < -0.4 is 0 Å². The zero-order valence-electron chi connectivity index (χ0n) is 19.3. The van der Waals surface area contributed by atoms with E-state index in [4.69, 9.17) is 0 Å². The SMILES string of the molecule is CC(C)CCCC(C)CCc1cc(I)c(CCC(C)CCCC(C)C)cc1I. The lowest BCUT2D eigenvalue weighted by Gasteiger charge is -2.16. The third-order valence-electron chi connectivity index (χ3n) is 5.99. The first-order valence-electron chi connectivity index (χ1n) is 11.7. The first-order chi connectivity index (χ1) is 13.2. The molecule has 0 aliphatic carbocycles. The summed E-state index contributed by atoms with van der Waals surface area (Å²) in [6, 6.07) is 4.95. The summed E-state index contributed by atoms with van der Waals surface area (Å²) in [5, 5.41) is 0. The molecule has 0 amide bonds. The second-order valence-electron chi connectivity index (χ2n) is 9.97. The molecule has 0 aromatic heterocycles. The molecule has 2 atom stereocenters. The van der Waals surface area contributed by atoms with Gasteiger partial charge in [-0.05, 0) is 118 Å². The van der Waals surface area contributed by atoms with Gasteiger partial charge >= 0.3 is 0 Å². The molecule has 1 aromatic carbocycles. The summed E-state index contributed by atoms with van der Waals surface area (Å²) >= 11 is 5.14. The van der Waals surface area contributed by atoms with Crippen LogP contribution >= 0.6 is 45.2 Å². The number of benzene rings is 1. The van der Waals surface area contributed by atoms with Gasteiger partial charge in [-0.2, -0.15) is 0 Å². The van der Waals surface area contributed by atoms with Crippen LogP contribution in [0.25, 0.3) is 0 Å². The molecule has 0 saturated carbocycles. The normalized spacial score (nSPS) is 14.1. The number of hydrogen-bond acceptors (Lipinski definition) is 0. The molecule has 0 nitrogen and oxygen atoms in total. The van der Waals surface area contributed by atoms with Gasteiger partial charge in [0.1, 0.15) is 0 Å². The molecule has 0 radical (unpaired) electrons. The third-order valence-corrected chi connectivity index (χ3v) is 7.99. The molecule has 2 unspecified atom stereocenters. The van der Waals surface area contributed by atoms with Crippen molar-refractivity contribution in [2.45, 2.75) is 106 Å². The minimum absolute atomic E-state index is 0.846. The molecule has 0 spiro atoms. The maximum Gasteiger partial charge on any atom is 0.0165 e. The Balaban J connectivity index is 2.46. The topological polar surface area (TPSA) is 0 Å². The van der Waals surface area contributed by atoms with E-state index in [2.05, 4.69) is 98.9 Å². The Morgan fingerprint density at radius 3 is 1.25 bits per heavy atom. The van der Waals surface area contributed by atoms with E-state index in [0.29, 0.717) is 0 Å². The van der Waals surface area contributed by atoms with Crippen molar-refractivity contribution in [3.05, 3.63) is 30.4 Å². The first-order valence-corrected chi connectivity index (χ1v) is 13.8. The summed E-state index contributed by atoms with van der Waals surface area (Å²) in [4.78, 5) is 0. The van der Waals surface area contributed by atoms with E-state index in [-0.39, 0.29) is 0 Å². The van der Waals surface area contributed by atoms with Crippen LogP contribution in [0.3, 0.4) is 0 Å². The molecule has 0 aliphatic heterocycles. The zero-order chi connectivity index (χ0) is 21.1. The second-order valence-corrected chi connectivity index (χ2v) is 12.3. The van der Waals surface area contributed by atoms with Crippen LogP contribution in [0.2, 0.25) is 0 Å². The van der Waals surface area contributed by atoms with Gasteiger partial charge < -0.3 is 0 Å². The van der Waals surface area contributed by atoms with Crippen molar-refractivity contribution in [2.24, 2.45) is 23.7 Å². The zero-order valence-corrected chi connectivity index (χ0v) is 23.6. The summed E-state index contributed by atoms with van der Waals surface area (Å²) in [6.07, 6.45) is 13.5. The molecular formula is C26H44I2. The monoisotopic (exact) mass is 610 g/mol. The molecule has 0 N–H and O–H groups in total. The minimum atomic E-state index is 0.846. The lowest BCUT2D eigenvalue weighted by molar-refractivity contribution is 0.435. The van der Waals surface area contributed by atoms with E-state index in [0.717, 1.165) is 23.7 Å². The number of hydrogen-bond donors (Lipinski definition) is 0. The van der Waals surface area contributed by atoms with Gasteiger partial charge in [-0.3, -0.25) is 0 Å². The summed E-state index contributed by atoms with van der Waals surface area (Å²) in [5.74, 6) is 3.39. The van der Waals surface area contributed by atoms with E-state index >= 15 is 0 Å². The van der Waals surface area contributed by atoms with Gasteiger partial charge in [0.05, 0.1) is 0 Å². The largest absolute Gasteiger partial charge is 0.0628 e. The van der Waals surface area contributed by atoms with Crippen molar-refractivity contribution in [3.8, 4) is 0 Å². The van der Waals surface area contributed by atoms with Gasteiger partial charge in [0.2, 0.25) is 0 Å². The quantitative estimate of drug-likeness (QED) is 0.184. The molecule has 1 aromatic rings. The molecule has 0 bridgehead atoms. The summed E-state index contributed by atoms with van der Waals surface area (Å²) in [6.45, 7) is 14.2. The maximum atomic E-state index is 2.57. The average molecular weight is 610 g/mol. The smallest absolute Gasteiger partial charge is 0.0165 e. The highest BCUT2D eigenvalue weighted by molar-refractivity contribution is 14.1. The average Bonchev–Trinajstić information content (AvgIpc) is 2.60. The summed E-state index contributed by atoms with van der Waals surface area (Å²) < 4.78 is 2.96. The highest BCUT2D eigenvalue weighted by Gasteiger charge is 2.11. The molecule has 0 fully saturated rings. The number of aryl methyl sites for hydroxylation is 2. The highest BCUT2D eigenvalue weighted by atomic mass is 127. The number of halogens is 2. The Bertz CT molecular complexity index is 498. The van der Waals surface area contributed by atoms with Crippen molar-refractivity contribution < 1.29 is 0 Å². The van der Waals surface area contributed by atoms with Crippen LogP contribution in [-0.4, -0.2) is 0 Å². The minimum Gasteiger partial charge on any atom is -0.0628 e. The third kappa shape index (κ3) is 11.8. The van der Waals surface area contributed by atoms with Gasteiger partial charge in [-0.1, -0.05) is 80.1 Å². The Morgan fingerprint density at radius 2 is 0.929 bits per heavy atom. The van der Waals surface area contributed by atoms with Crippen LogP contribution in [-0.2, 0) is 12.8 Å². The Labute approximate surface area is 203 Å². The fourth-order valence-electron chi connectivity index (χ4n) is 3.85. The Kier molecular flexibility index (Phi) is 14.0. The van der Waals surface area contributed by atoms with Crippen LogP contribution in [0.5, 0.6) is 0 Å². The predicted octanol–water partition coefficient (Wildman–Crippen LogP) is 9.69. The van der Waals surface area contributed by atoms with Crippen molar-refractivity contribution in [3.63, 3.8) is 0 Å². The molecule has 1 rings (SSSR count). The summed E-state index contributed by atoms with van der Waals surface area (Å²) in [5.41, 5.74) is 3.13. The Hall–Kier alpha value is 0.680.